The Morgan fingerprint density at radius 1 is 1.21 bits per heavy atom. The Bertz CT molecular complexity index is 889. The molecule has 0 unspecified atom stereocenters. The van der Waals surface area contributed by atoms with E-state index in [2.05, 4.69) is 15.5 Å². The van der Waals surface area contributed by atoms with Crippen LogP contribution in [0.15, 0.2) is 65.4 Å². The summed E-state index contributed by atoms with van der Waals surface area (Å²) < 4.78 is 26.5. The molecule has 2 heterocycles. The maximum atomic E-state index is 13.5. The molecule has 0 amide bonds. The van der Waals surface area contributed by atoms with Gasteiger partial charge in [-0.05, 0) is 54.8 Å². The molecule has 0 saturated heterocycles. The minimum Gasteiger partial charge on any atom is -0.467 e. The molecule has 5 nitrogen and oxygen atoms in total. The lowest BCUT2D eigenvalue weighted by molar-refractivity contribution is 0.00216. The largest absolute Gasteiger partial charge is 0.467 e. The molecule has 1 aliphatic rings. The zero-order chi connectivity index (χ0) is 20.1. The van der Waals surface area contributed by atoms with Gasteiger partial charge in [-0.2, -0.15) is 0 Å². The predicted molar refractivity (Wildman–Crippen MR) is 108 cm³/mol. The molecule has 1 aromatic carbocycles. The summed E-state index contributed by atoms with van der Waals surface area (Å²) in [6.45, 7) is 2.59. The van der Waals surface area contributed by atoms with Crippen LogP contribution in [0.1, 0.15) is 29.9 Å². The topological polar surface area (TPSA) is 50.8 Å². The second kappa shape index (κ2) is 9.39. The first-order valence-electron chi connectivity index (χ1n) is 10.1. The zero-order valence-electron chi connectivity index (χ0n) is 16.4. The molecule has 29 heavy (non-hydrogen) atoms. The number of aliphatic hydroxyl groups excluding tert-OH is 1. The van der Waals surface area contributed by atoms with Crippen LogP contribution in [-0.2, 0) is 24.4 Å². The van der Waals surface area contributed by atoms with E-state index >= 15 is 0 Å². The highest BCUT2D eigenvalue weighted by molar-refractivity contribution is 5.19. The van der Waals surface area contributed by atoms with Gasteiger partial charge in [0.2, 0.25) is 0 Å². The highest BCUT2D eigenvalue weighted by atomic mass is 19.1. The number of halogens is 1. The maximum absolute atomic E-state index is 13.5. The Labute approximate surface area is 170 Å². The van der Waals surface area contributed by atoms with Crippen LogP contribution in [-0.4, -0.2) is 39.9 Å². The fourth-order valence-corrected chi connectivity index (χ4v) is 3.58. The van der Waals surface area contributed by atoms with Crippen molar-refractivity contribution in [1.29, 1.82) is 0 Å². The predicted octanol–water partition coefficient (Wildman–Crippen LogP) is 3.81. The maximum Gasteiger partial charge on any atom is 0.129 e. The third kappa shape index (κ3) is 5.79. The summed E-state index contributed by atoms with van der Waals surface area (Å²) >= 11 is 0. The van der Waals surface area contributed by atoms with Crippen LogP contribution in [0.3, 0.4) is 0 Å². The van der Waals surface area contributed by atoms with Crippen LogP contribution >= 0.6 is 0 Å². The van der Waals surface area contributed by atoms with Crippen molar-refractivity contribution in [3.8, 4) is 0 Å². The van der Waals surface area contributed by atoms with E-state index < -0.39 is 6.10 Å². The van der Waals surface area contributed by atoms with Crippen LogP contribution in [0.5, 0.6) is 0 Å². The molecule has 0 bridgehead atoms. The number of rotatable bonds is 11. The molecule has 154 valence electrons. The number of aromatic nitrogens is 1. The molecule has 1 saturated carbocycles. The Balaban J connectivity index is 1.32. The molecule has 2 aromatic heterocycles. The number of hydrogen-bond donors (Lipinski definition) is 1. The number of hydrogen-bond acceptors (Lipinski definition) is 4. The quantitative estimate of drug-likeness (QED) is 0.534. The highest BCUT2D eigenvalue weighted by Gasteiger charge is 2.30. The Hall–Kier alpha value is -2.41. The van der Waals surface area contributed by atoms with Gasteiger partial charge in [0.1, 0.15) is 18.2 Å². The minimum atomic E-state index is -0.558. The lowest BCUT2D eigenvalue weighted by Crippen LogP contribution is -2.36. The number of furan rings is 1. The van der Waals surface area contributed by atoms with Gasteiger partial charge in [0.15, 0.2) is 0 Å². The first-order chi connectivity index (χ1) is 14.2. The molecule has 3 aromatic rings. The van der Waals surface area contributed by atoms with Gasteiger partial charge < -0.3 is 18.8 Å². The lowest BCUT2D eigenvalue weighted by atomic mass is 10.2. The van der Waals surface area contributed by atoms with Crippen molar-refractivity contribution in [2.24, 2.45) is 0 Å². The van der Waals surface area contributed by atoms with Crippen molar-refractivity contribution < 1.29 is 18.7 Å². The molecule has 1 fully saturated rings. The van der Waals surface area contributed by atoms with Gasteiger partial charge in [-0.3, -0.25) is 4.90 Å². The molecule has 1 atom stereocenters. The number of nitrogens with zero attached hydrogens (tertiary/aromatic N) is 2. The van der Waals surface area contributed by atoms with Crippen LogP contribution < -0.4 is 0 Å². The third-order valence-corrected chi connectivity index (χ3v) is 5.17. The molecule has 0 aliphatic heterocycles. The molecule has 6 heteroatoms. The summed E-state index contributed by atoms with van der Waals surface area (Å²) in [6.07, 6.45) is 5.39. The Morgan fingerprint density at radius 3 is 2.86 bits per heavy atom. The van der Waals surface area contributed by atoms with Crippen LogP contribution in [0.2, 0.25) is 0 Å². The minimum absolute atomic E-state index is 0.214. The Morgan fingerprint density at radius 2 is 2.10 bits per heavy atom. The molecule has 4 rings (SSSR count). The molecular formula is C23H27FN2O3. The average Bonchev–Trinajstić information content (AvgIpc) is 3.25. The first-order valence-corrected chi connectivity index (χ1v) is 10.1. The molecule has 1 N–H and O–H groups in total. The van der Waals surface area contributed by atoms with Gasteiger partial charge in [-0.15, -0.1) is 0 Å². The van der Waals surface area contributed by atoms with Crippen molar-refractivity contribution >= 4 is 0 Å². The van der Waals surface area contributed by atoms with E-state index in [1.165, 1.54) is 6.07 Å². The van der Waals surface area contributed by atoms with Gasteiger partial charge in [0.25, 0.3) is 0 Å². The summed E-state index contributed by atoms with van der Waals surface area (Å²) in [4.78, 5) is 2.32. The van der Waals surface area contributed by atoms with E-state index in [0.717, 1.165) is 36.4 Å². The van der Waals surface area contributed by atoms with Crippen LogP contribution in [0, 0.1) is 5.82 Å². The van der Waals surface area contributed by atoms with Crippen molar-refractivity contribution in [3.05, 3.63) is 83.8 Å². The standard InChI is InChI=1S/C23H27FN2O3/c24-19-5-1-4-18(12-19)13-25-10-2-6-21(25)14-26(20-8-9-20)15-22(27)16-28-17-23-7-3-11-29-23/h1-7,10-12,20,22,27H,8-9,13-17H2/t22-/m1/s1. The molecule has 1 aliphatic carbocycles. The monoisotopic (exact) mass is 398 g/mol. The summed E-state index contributed by atoms with van der Waals surface area (Å²) in [5.74, 6) is 0.542. The van der Waals surface area contributed by atoms with Gasteiger partial charge in [0, 0.05) is 37.6 Å². The van der Waals surface area contributed by atoms with Gasteiger partial charge in [-0.25, -0.2) is 4.39 Å². The fraction of sp³-hybridized carbons (Fsp3) is 0.391. The number of benzene rings is 1. The smallest absolute Gasteiger partial charge is 0.129 e. The van der Waals surface area contributed by atoms with E-state index in [1.54, 1.807) is 18.4 Å². The molecule has 0 radical (unpaired) electrons. The van der Waals surface area contributed by atoms with E-state index in [0.29, 0.717) is 25.7 Å². The van der Waals surface area contributed by atoms with Gasteiger partial charge in [0.05, 0.1) is 19.0 Å². The van der Waals surface area contributed by atoms with Crippen LogP contribution in [0.25, 0.3) is 0 Å². The molecule has 0 spiro atoms. The van der Waals surface area contributed by atoms with Crippen molar-refractivity contribution in [3.63, 3.8) is 0 Å². The third-order valence-electron chi connectivity index (χ3n) is 5.17. The van der Waals surface area contributed by atoms with Crippen molar-refractivity contribution in [2.75, 3.05) is 13.2 Å². The number of ether oxygens (including phenoxy) is 1. The summed E-state index contributed by atoms with van der Waals surface area (Å²) in [5.41, 5.74) is 2.09. The second-order valence-electron chi connectivity index (χ2n) is 7.67. The van der Waals surface area contributed by atoms with Crippen molar-refractivity contribution in [1.82, 2.24) is 9.47 Å². The first kappa shape index (κ1) is 19.9. The molecular weight excluding hydrogens is 371 g/mol. The van der Waals surface area contributed by atoms with E-state index in [9.17, 15) is 9.50 Å². The second-order valence-corrected chi connectivity index (χ2v) is 7.67. The van der Waals surface area contributed by atoms with Gasteiger partial charge >= 0.3 is 0 Å². The normalized spacial score (nSPS) is 15.1. The highest BCUT2D eigenvalue weighted by Crippen LogP contribution is 2.28. The van der Waals surface area contributed by atoms with Gasteiger partial charge in [-0.1, -0.05) is 12.1 Å². The van der Waals surface area contributed by atoms with E-state index in [-0.39, 0.29) is 12.4 Å². The Kier molecular flexibility index (Phi) is 6.44. The zero-order valence-corrected chi connectivity index (χ0v) is 16.4. The average molecular weight is 398 g/mol. The summed E-state index contributed by atoms with van der Waals surface area (Å²) in [5, 5.41) is 10.4. The van der Waals surface area contributed by atoms with E-state index in [4.69, 9.17) is 9.15 Å². The van der Waals surface area contributed by atoms with Crippen LogP contribution in [0.4, 0.5) is 4.39 Å². The number of aliphatic hydroxyl groups is 1. The fourth-order valence-electron chi connectivity index (χ4n) is 3.58. The summed E-state index contributed by atoms with van der Waals surface area (Å²) in [6, 6.07) is 15.0. The summed E-state index contributed by atoms with van der Waals surface area (Å²) in [7, 11) is 0. The SMILES string of the molecule is O[C@@H](COCc1ccco1)CN(Cc1cccn1Cc1cccc(F)c1)C1CC1. The lowest BCUT2D eigenvalue weighted by Gasteiger charge is -2.25. The van der Waals surface area contributed by atoms with Crippen molar-refractivity contribution in [2.45, 2.75) is 44.7 Å². The van der Waals surface area contributed by atoms with E-state index in [1.807, 2.05) is 30.5 Å².